The van der Waals surface area contributed by atoms with Crippen LogP contribution in [0.2, 0.25) is 0 Å². The molecule has 0 aromatic carbocycles. The average Bonchev–Trinajstić information content (AvgIpc) is 1.98. The molecule has 0 atom stereocenters. The number of rotatable bonds is 4. The highest BCUT2D eigenvalue weighted by Gasteiger charge is 1.76. The summed E-state index contributed by atoms with van der Waals surface area (Å²) in [6.07, 6.45) is 9.21. The molecule has 0 fully saturated rings. The summed E-state index contributed by atoms with van der Waals surface area (Å²) in [7, 11) is 0. The topological polar surface area (TPSA) is 26.0 Å². The lowest BCUT2D eigenvalue weighted by Gasteiger charge is -1.87. The van der Waals surface area contributed by atoms with E-state index >= 15 is 0 Å². The van der Waals surface area contributed by atoms with Crippen LogP contribution in [0.3, 0.4) is 0 Å². The quantitative estimate of drug-likeness (QED) is 0.584. The van der Waals surface area contributed by atoms with E-state index in [4.69, 9.17) is 5.73 Å². The minimum Gasteiger partial charge on any atom is -0.327 e. The maximum atomic E-state index is 5.29. The van der Waals surface area contributed by atoms with Crippen LogP contribution in [0.15, 0.2) is 49.1 Å². The molecule has 0 unspecified atom stereocenters. The van der Waals surface area contributed by atoms with E-state index in [1.54, 1.807) is 6.08 Å². The Balaban J connectivity index is 3.65. The van der Waals surface area contributed by atoms with E-state index in [0.29, 0.717) is 6.54 Å². The molecule has 0 aliphatic rings. The van der Waals surface area contributed by atoms with Gasteiger partial charge in [-0.3, -0.25) is 0 Å². The van der Waals surface area contributed by atoms with Crippen LogP contribution in [0.5, 0.6) is 0 Å². The van der Waals surface area contributed by atoms with E-state index in [9.17, 15) is 0 Å². The van der Waals surface area contributed by atoms with Crippen LogP contribution < -0.4 is 5.73 Å². The maximum Gasteiger partial charge on any atom is 0.0172 e. The molecule has 0 aliphatic heterocycles. The Labute approximate surface area is 62.2 Å². The molecule has 0 bridgehead atoms. The minimum absolute atomic E-state index is 0.512. The Hall–Kier alpha value is -1.08. The molecule has 10 heavy (non-hydrogen) atoms. The molecule has 0 saturated heterocycles. The molecule has 1 nitrogen and oxygen atoms in total. The fourth-order valence-corrected chi connectivity index (χ4v) is 0.402. The van der Waals surface area contributed by atoms with Gasteiger partial charge in [-0.15, -0.1) is 0 Å². The second-order valence-electron chi connectivity index (χ2n) is 1.84. The zero-order valence-corrected chi connectivity index (χ0v) is 6.09. The summed E-state index contributed by atoms with van der Waals surface area (Å²) >= 11 is 0. The first kappa shape index (κ1) is 8.92. The van der Waals surface area contributed by atoms with E-state index in [-0.39, 0.29) is 0 Å². The van der Waals surface area contributed by atoms with Crippen molar-refractivity contribution in [2.24, 2.45) is 5.73 Å². The van der Waals surface area contributed by atoms with Crippen molar-refractivity contribution in [3.05, 3.63) is 49.1 Å². The Kier molecular flexibility index (Phi) is 5.39. The fourth-order valence-electron chi connectivity index (χ4n) is 0.402. The van der Waals surface area contributed by atoms with Gasteiger partial charge in [-0.05, 0) is 5.57 Å². The smallest absolute Gasteiger partial charge is 0.0172 e. The van der Waals surface area contributed by atoms with Gasteiger partial charge in [0.05, 0.1) is 0 Å². The molecule has 0 radical (unpaired) electrons. The predicted molar refractivity (Wildman–Crippen MR) is 46.7 cm³/mol. The van der Waals surface area contributed by atoms with Crippen molar-refractivity contribution in [1.29, 1.82) is 0 Å². The van der Waals surface area contributed by atoms with Crippen LogP contribution in [0, 0.1) is 0 Å². The zero-order chi connectivity index (χ0) is 7.82. The summed E-state index contributed by atoms with van der Waals surface area (Å²) < 4.78 is 0. The number of hydrogen-bond acceptors (Lipinski definition) is 1. The highest BCUT2D eigenvalue weighted by atomic mass is 14.5. The Bertz CT molecular complexity index is 164. The normalized spacial score (nSPS) is 10.9. The van der Waals surface area contributed by atoms with E-state index in [1.165, 1.54) is 0 Å². The second-order valence-corrected chi connectivity index (χ2v) is 1.84. The van der Waals surface area contributed by atoms with Crippen molar-refractivity contribution in [3.8, 4) is 0 Å². The van der Waals surface area contributed by atoms with E-state index in [1.807, 2.05) is 24.3 Å². The third-order valence-electron chi connectivity index (χ3n) is 0.952. The first-order chi connectivity index (χ1) is 4.81. The van der Waals surface area contributed by atoms with Crippen LogP contribution in [0.4, 0.5) is 0 Å². The van der Waals surface area contributed by atoms with E-state index in [2.05, 4.69) is 13.2 Å². The van der Waals surface area contributed by atoms with E-state index in [0.717, 1.165) is 5.57 Å². The number of allylic oxidation sites excluding steroid dienone is 4. The molecular formula is C9H13N. The predicted octanol–water partition coefficient (Wildman–Crippen LogP) is 1.80. The summed E-state index contributed by atoms with van der Waals surface area (Å²) in [6, 6.07) is 0. The van der Waals surface area contributed by atoms with Gasteiger partial charge in [0.15, 0.2) is 0 Å². The van der Waals surface area contributed by atoms with Crippen molar-refractivity contribution in [3.63, 3.8) is 0 Å². The molecule has 0 saturated carbocycles. The van der Waals surface area contributed by atoms with Crippen LogP contribution in [-0.4, -0.2) is 6.54 Å². The van der Waals surface area contributed by atoms with Crippen molar-refractivity contribution < 1.29 is 0 Å². The first-order valence-electron chi connectivity index (χ1n) is 3.15. The Morgan fingerprint density at radius 2 is 2.00 bits per heavy atom. The van der Waals surface area contributed by atoms with Gasteiger partial charge < -0.3 is 5.73 Å². The van der Waals surface area contributed by atoms with Gasteiger partial charge >= 0.3 is 0 Å². The van der Waals surface area contributed by atoms with Crippen molar-refractivity contribution in [1.82, 2.24) is 0 Å². The molecule has 0 aromatic rings. The molecule has 2 N–H and O–H groups in total. The van der Waals surface area contributed by atoms with Crippen molar-refractivity contribution in [2.45, 2.75) is 0 Å². The lowest BCUT2D eigenvalue weighted by atomic mass is 10.3. The second kappa shape index (κ2) is 6.05. The lowest BCUT2D eigenvalue weighted by Crippen LogP contribution is -1.98. The SMILES string of the molecule is C=C/C=C\C=C/C(=C)CN. The van der Waals surface area contributed by atoms with Gasteiger partial charge in [-0.1, -0.05) is 43.5 Å². The van der Waals surface area contributed by atoms with Gasteiger partial charge in [0.1, 0.15) is 0 Å². The largest absolute Gasteiger partial charge is 0.327 e. The molecular weight excluding hydrogens is 122 g/mol. The summed E-state index contributed by atoms with van der Waals surface area (Å²) in [5.74, 6) is 0. The third-order valence-corrected chi connectivity index (χ3v) is 0.952. The molecule has 54 valence electrons. The average molecular weight is 135 g/mol. The highest BCUT2D eigenvalue weighted by molar-refractivity contribution is 5.21. The van der Waals surface area contributed by atoms with Gasteiger partial charge in [-0.2, -0.15) is 0 Å². The summed E-state index contributed by atoms with van der Waals surface area (Å²) in [5, 5.41) is 0. The van der Waals surface area contributed by atoms with Crippen LogP contribution in [0.1, 0.15) is 0 Å². The lowest BCUT2D eigenvalue weighted by molar-refractivity contribution is 1.20. The summed E-state index contributed by atoms with van der Waals surface area (Å²) in [5.41, 5.74) is 6.22. The molecule has 0 heterocycles. The Morgan fingerprint density at radius 3 is 2.50 bits per heavy atom. The standard InChI is InChI=1S/C9H13N/c1-3-4-5-6-7-9(2)8-10/h3-7H,1-2,8,10H2/b5-4-,7-6-. The zero-order valence-electron chi connectivity index (χ0n) is 6.09. The van der Waals surface area contributed by atoms with E-state index < -0.39 is 0 Å². The summed E-state index contributed by atoms with van der Waals surface area (Å²) in [6.45, 7) is 7.74. The fraction of sp³-hybridized carbons (Fsp3) is 0.111. The maximum absolute atomic E-state index is 5.29. The van der Waals surface area contributed by atoms with Crippen LogP contribution in [-0.2, 0) is 0 Å². The number of nitrogens with two attached hydrogens (primary N) is 1. The molecule has 0 aliphatic carbocycles. The molecule has 0 aromatic heterocycles. The van der Waals surface area contributed by atoms with Crippen molar-refractivity contribution in [2.75, 3.05) is 6.54 Å². The van der Waals surface area contributed by atoms with Crippen LogP contribution >= 0.6 is 0 Å². The molecule has 0 spiro atoms. The Morgan fingerprint density at radius 1 is 1.30 bits per heavy atom. The van der Waals surface area contributed by atoms with Crippen LogP contribution in [0.25, 0.3) is 0 Å². The number of hydrogen-bond donors (Lipinski definition) is 1. The van der Waals surface area contributed by atoms with Gasteiger partial charge in [0.2, 0.25) is 0 Å². The highest BCUT2D eigenvalue weighted by Crippen LogP contribution is 1.88. The van der Waals surface area contributed by atoms with Crippen molar-refractivity contribution >= 4 is 0 Å². The molecule has 0 rings (SSSR count). The molecule has 1 heteroatoms. The monoisotopic (exact) mass is 135 g/mol. The first-order valence-corrected chi connectivity index (χ1v) is 3.15. The van der Waals surface area contributed by atoms with Gasteiger partial charge in [0.25, 0.3) is 0 Å². The van der Waals surface area contributed by atoms with Gasteiger partial charge in [-0.25, -0.2) is 0 Å². The molecule has 0 amide bonds. The van der Waals surface area contributed by atoms with Gasteiger partial charge in [0, 0.05) is 6.54 Å². The minimum atomic E-state index is 0.512. The third kappa shape index (κ3) is 5.06. The summed E-state index contributed by atoms with van der Waals surface area (Å²) in [4.78, 5) is 0.